The fourth-order valence-electron chi connectivity index (χ4n) is 4.63. The Hall–Kier alpha value is -3.62. The van der Waals surface area contributed by atoms with E-state index in [1.807, 2.05) is 36.1 Å². The number of carbonyl (C=O) groups excluding carboxylic acids is 2. The second-order valence-corrected chi connectivity index (χ2v) is 8.77. The van der Waals surface area contributed by atoms with Gasteiger partial charge < -0.3 is 25.0 Å². The van der Waals surface area contributed by atoms with E-state index in [0.29, 0.717) is 31.0 Å². The van der Waals surface area contributed by atoms with Crippen LogP contribution in [0.2, 0.25) is 0 Å². The molecule has 2 heterocycles. The van der Waals surface area contributed by atoms with Crippen LogP contribution in [0.15, 0.2) is 42.0 Å². The summed E-state index contributed by atoms with van der Waals surface area (Å²) < 4.78 is 10.9. The molecule has 0 spiro atoms. The molecule has 1 aromatic carbocycles. The van der Waals surface area contributed by atoms with Crippen molar-refractivity contribution < 1.29 is 19.1 Å². The Kier molecular flexibility index (Phi) is 7.00. The zero-order valence-electron chi connectivity index (χ0n) is 20.1. The van der Waals surface area contributed by atoms with Crippen LogP contribution in [0.4, 0.5) is 4.79 Å². The molecule has 1 atom stereocenters. The maximum Gasteiger partial charge on any atom is 0.321 e. The van der Waals surface area contributed by atoms with Crippen LogP contribution in [0.1, 0.15) is 44.7 Å². The summed E-state index contributed by atoms with van der Waals surface area (Å²) in [5, 5.41) is 6.83. The van der Waals surface area contributed by atoms with E-state index in [2.05, 4.69) is 20.6 Å². The highest BCUT2D eigenvalue weighted by molar-refractivity contribution is 5.85. The molecule has 9 heteroatoms. The Morgan fingerprint density at radius 2 is 1.74 bits per heavy atom. The van der Waals surface area contributed by atoms with E-state index in [4.69, 9.17) is 9.47 Å². The molecular formula is C25H31N5O4. The van der Waals surface area contributed by atoms with Gasteiger partial charge in [-0.05, 0) is 37.5 Å². The van der Waals surface area contributed by atoms with Crippen LogP contribution >= 0.6 is 0 Å². The summed E-state index contributed by atoms with van der Waals surface area (Å²) in [7, 11) is 3.22. The van der Waals surface area contributed by atoms with Gasteiger partial charge in [0.05, 0.1) is 25.4 Å². The van der Waals surface area contributed by atoms with Gasteiger partial charge in [0, 0.05) is 54.7 Å². The van der Waals surface area contributed by atoms with Gasteiger partial charge >= 0.3 is 6.03 Å². The number of hydrogen-bond acceptors (Lipinski definition) is 6. The number of rotatable bonds is 5. The highest BCUT2D eigenvalue weighted by Crippen LogP contribution is 2.36. The minimum atomic E-state index is -0.0909. The lowest BCUT2D eigenvalue weighted by Gasteiger charge is -2.33. The van der Waals surface area contributed by atoms with E-state index < -0.39 is 0 Å². The van der Waals surface area contributed by atoms with Crippen molar-refractivity contribution in [2.75, 3.05) is 27.3 Å². The summed E-state index contributed by atoms with van der Waals surface area (Å²) in [6.07, 6.45) is 7.63. The summed E-state index contributed by atoms with van der Waals surface area (Å²) in [6.45, 7) is 4.82. The van der Waals surface area contributed by atoms with E-state index in [-0.39, 0.29) is 23.8 Å². The van der Waals surface area contributed by atoms with Crippen LogP contribution < -0.4 is 20.1 Å². The van der Waals surface area contributed by atoms with Crippen LogP contribution in [0.5, 0.6) is 11.5 Å². The van der Waals surface area contributed by atoms with Crippen molar-refractivity contribution in [3.63, 3.8) is 0 Å². The Bertz CT molecular complexity index is 1150. The molecule has 0 radical (unpaired) electrons. The van der Waals surface area contributed by atoms with Gasteiger partial charge in [0.2, 0.25) is 5.91 Å². The first kappa shape index (κ1) is 23.5. The minimum Gasteiger partial charge on any atom is -0.493 e. The monoisotopic (exact) mass is 465 g/mol. The number of hydrogen-bond donors (Lipinski definition) is 2. The predicted octanol–water partition coefficient (Wildman–Crippen LogP) is 3.48. The molecule has 1 aliphatic heterocycles. The van der Waals surface area contributed by atoms with Crippen molar-refractivity contribution in [1.82, 2.24) is 25.5 Å². The molecule has 34 heavy (non-hydrogen) atoms. The average Bonchev–Trinajstić information content (AvgIpc) is 2.84. The number of benzene rings is 1. The molecule has 2 aromatic rings. The number of urea groups is 1. The highest BCUT2D eigenvalue weighted by atomic mass is 16.5. The molecule has 1 saturated heterocycles. The third-order valence-corrected chi connectivity index (χ3v) is 6.45. The summed E-state index contributed by atoms with van der Waals surface area (Å²) in [6, 6.07) is 3.71. The zero-order chi connectivity index (χ0) is 24.2. The standard InChI is InChI=1S/C25H31N5O4/c1-15-11-18(28-16(2)31)5-6-20(15)29-25(32)30-9-7-17(8-10-30)24-19-12-22(33-3)23(34-4)13-21(19)26-14-27-24/h5-6,12-15,17H,7-11H2,1-4H3,(H,28,31)(H,29,32). The molecule has 180 valence electrons. The van der Waals surface area contributed by atoms with Gasteiger partial charge in [0.25, 0.3) is 0 Å². The number of methoxy groups -OCH3 is 2. The third-order valence-electron chi connectivity index (χ3n) is 6.45. The van der Waals surface area contributed by atoms with Crippen LogP contribution in [-0.2, 0) is 4.79 Å². The molecule has 3 amide bonds. The van der Waals surface area contributed by atoms with Gasteiger partial charge in [0.1, 0.15) is 6.33 Å². The van der Waals surface area contributed by atoms with Crippen molar-refractivity contribution in [3.05, 3.63) is 47.7 Å². The van der Waals surface area contributed by atoms with E-state index in [0.717, 1.165) is 40.8 Å². The van der Waals surface area contributed by atoms with Gasteiger partial charge in [-0.1, -0.05) is 6.92 Å². The number of carbonyl (C=O) groups is 2. The Balaban J connectivity index is 1.42. The zero-order valence-corrected chi connectivity index (χ0v) is 20.1. The molecule has 2 aliphatic rings. The number of allylic oxidation sites excluding steroid dienone is 4. The average molecular weight is 466 g/mol. The lowest BCUT2D eigenvalue weighted by Crippen LogP contribution is -2.44. The molecule has 0 saturated carbocycles. The fourth-order valence-corrected chi connectivity index (χ4v) is 4.63. The van der Waals surface area contributed by atoms with Gasteiger partial charge in [0.15, 0.2) is 11.5 Å². The van der Waals surface area contributed by atoms with Crippen molar-refractivity contribution in [3.8, 4) is 11.5 Å². The maximum absolute atomic E-state index is 12.9. The smallest absolute Gasteiger partial charge is 0.321 e. The number of likely N-dealkylation sites (tertiary alicyclic amines) is 1. The Morgan fingerprint density at radius 3 is 2.38 bits per heavy atom. The van der Waals surface area contributed by atoms with Crippen molar-refractivity contribution in [2.24, 2.45) is 5.92 Å². The molecule has 0 bridgehead atoms. The Labute approximate surface area is 199 Å². The fraction of sp³-hybridized carbons (Fsp3) is 0.440. The van der Waals surface area contributed by atoms with Crippen molar-refractivity contribution in [2.45, 2.75) is 39.0 Å². The SMILES string of the molecule is COc1cc2ncnc(C3CCN(C(=O)NC4=CC=C(NC(C)=O)CC4C)CC3)c2cc1OC. The lowest BCUT2D eigenvalue weighted by atomic mass is 9.91. The van der Waals surface area contributed by atoms with Crippen molar-refractivity contribution >= 4 is 22.8 Å². The molecular weight excluding hydrogens is 434 g/mol. The molecule has 4 rings (SSSR count). The van der Waals surface area contributed by atoms with Crippen LogP contribution in [0.3, 0.4) is 0 Å². The van der Waals surface area contributed by atoms with E-state index in [1.54, 1.807) is 20.5 Å². The van der Waals surface area contributed by atoms with Gasteiger partial charge in [-0.15, -0.1) is 0 Å². The number of amides is 3. The number of piperidine rings is 1. The van der Waals surface area contributed by atoms with E-state index >= 15 is 0 Å². The molecule has 1 fully saturated rings. The number of nitrogens with zero attached hydrogens (tertiary/aromatic N) is 3. The third kappa shape index (κ3) is 4.98. The van der Waals surface area contributed by atoms with Crippen LogP contribution in [-0.4, -0.2) is 54.1 Å². The minimum absolute atomic E-state index is 0.0868. The van der Waals surface area contributed by atoms with Crippen LogP contribution in [0, 0.1) is 5.92 Å². The number of aromatic nitrogens is 2. The van der Waals surface area contributed by atoms with Gasteiger partial charge in [-0.3, -0.25) is 4.79 Å². The summed E-state index contributed by atoms with van der Waals surface area (Å²) in [5.74, 6) is 1.54. The van der Waals surface area contributed by atoms with Crippen LogP contribution in [0.25, 0.3) is 10.9 Å². The van der Waals surface area contributed by atoms with Crippen molar-refractivity contribution in [1.29, 1.82) is 0 Å². The van der Waals surface area contributed by atoms with Gasteiger partial charge in [-0.25, -0.2) is 14.8 Å². The van der Waals surface area contributed by atoms with E-state index in [1.165, 1.54) is 6.92 Å². The molecule has 1 unspecified atom stereocenters. The molecule has 1 aliphatic carbocycles. The second-order valence-electron chi connectivity index (χ2n) is 8.77. The Morgan fingerprint density at radius 1 is 1.03 bits per heavy atom. The largest absolute Gasteiger partial charge is 0.493 e. The van der Waals surface area contributed by atoms with E-state index in [9.17, 15) is 9.59 Å². The maximum atomic E-state index is 12.9. The normalized spacial score (nSPS) is 18.7. The lowest BCUT2D eigenvalue weighted by molar-refractivity contribution is -0.118. The molecule has 1 aromatic heterocycles. The molecule has 2 N–H and O–H groups in total. The number of ether oxygens (including phenoxy) is 2. The summed E-state index contributed by atoms with van der Waals surface area (Å²) >= 11 is 0. The predicted molar refractivity (Wildman–Crippen MR) is 128 cm³/mol. The number of fused-ring (bicyclic) bond motifs is 1. The highest BCUT2D eigenvalue weighted by Gasteiger charge is 2.28. The number of nitrogens with one attached hydrogen (secondary N) is 2. The first-order chi connectivity index (χ1) is 16.4. The van der Waals surface area contributed by atoms with Gasteiger partial charge in [-0.2, -0.15) is 0 Å². The summed E-state index contributed by atoms with van der Waals surface area (Å²) in [4.78, 5) is 35.0. The first-order valence-corrected chi connectivity index (χ1v) is 11.5. The topological polar surface area (TPSA) is 106 Å². The quantitative estimate of drug-likeness (QED) is 0.700. The molecule has 9 nitrogen and oxygen atoms in total. The first-order valence-electron chi connectivity index (χ1n) is 11.5. The second kappa shape index (κ2) is 10.1. The summed E-state index contributed by atoms with van der Waals surface area (Å²) in [5.41, 5.74) is 3.52.